The number of carbonyl (C=O) groups is 2. The summed E-state index contributed by atoms with van der Waals surface area (Å²) in [6, 6.07) is 0. The van der Waals surface area contributed by atoms with Crippen LogP contribution >= 0.6 is 0 Å². The lowest BCUT2D eigenvalue weighted by molar-refractivity contribution is -0.160. The van der Waals surface area contributed by atoms with Gasteiger partial charge in [0.1, 0.15) is 5.78 Å². The Bertz CT molecular complexity index is 645. The minimum absolute atomic E-state index is 0.187. The van der Waals surface area contributed by atoms with Crippen molar-refractivity contribution in [3.05, 3.63) is 0 Å². The second-order valence-electron chi connectivity index (χ2n) is 11.2. The third-order valence-electron chi connectivity index (χ3n) is 10.0. The smallest absolute Gasteiger partial charge is 0.303 e. The summed E-state index contributed by atoms with van der Waals surface area (Å²) < 4.78 is 0. The highest BCUT2D eigenvalue weighted by molar-refractivity contribution is 5.83. The Morgan fingerprint density at radius 1 is 1.11 bits per heavy atom. The van der Waals surface area contributed by atoms with E-state index >= 15 is 0 Å². The highest BCUT2D eigenvalue weighted by Gasteiger charge is 2.62. The molecule has 158 valence electrons. The zero-order valence-corrected chi connectivity index (χ0v) is 17.8. The Morgan fingerprint density at radius 2 is 1.79 bits per heavy atom. The molecule has 2 N–H and O–H groups in total. The van der Waals surface area contributed by atoms with E-state index in [0.717, 1.165) is 44.9 Å². The molecule has 4 rings (SSSR count). The number of aliphatic hydroxyl groups excluding tert-OH is 1. The van der Waals surface area contributed by atoms with Gasteiger partial charge in [0, 0.05) is 18.8 Å². The van der Waals surface area contributed by atoms with Gasteiger partial charge in [0.25, 0.3) is 0 Å². The molecule has 4 aliphatic carbocycles. The van der Waals surface area contributed by atoms with Crippen molar-refractivity contribution in [2.24, 2.45) is 46.3 Å². The zero-order chi connectivity index (χ0) is 20.3. The van der Waals surface area contributed by atoms with E-state index in [0.29, 0.717) is 41.8 Å². The first-order valence-corrected chi connectivity index (χ1v) is 11.6. The summed E-state index contributed by atoms with van der Waals surface area (Å²) in [5, 5.41) is 19.3. The number of ketones is 1. The fraction of sp³-hybridized carbons (Fsp3) is 0.917. The van der Waals surface area contributed by atoms with Crippen LogP contribution in [0.15, 0.2) is 0 Å². The summed E-state index contributed by atoms with van der Waals surface area (Å²) in [6.45, 7) is 7.06. The molecule has 4 heteroatoms. The van der Waals surface area contributed by atoms with Crippen LogP contribution in [0.2, 0.25) is 0 Å². The molecular weight excluding hydrogens is 352 g/mol. The number of aliphatic carboxylic acids is 1. The molecule has 4 nitrogen and oxygen atoms in total. The zero-order valence-electron chi connectivity index (χ0n) is 17.8. The number of carboxylic acids is 1. The number of hydrogen-bond donors (Lipinski definition) is 2. The van der Waals surface area contributed by atoms with Gasteiger partial charge >= 0.3 is 5.97 Å². The average Bonchev–Trinajstić information content (AvgIpc) is 2.98. The molecule has 4 saturated carbocycles. The molecule has 0 radical (unpaired) electrons. The van der Waals surface area contributed by atoms with Crippen molar-refractivity contribution in [1.29, 1.82) is 0 Å². The van der Waals surface area contributed by atoms with Gasteiger partial charge in [0.15, 0.2) is 0 Å². The second-order valence-corrected chi connectivity index (χ2v) is 11.2. The number of carboxylic acid groups (broad SMARTS) is 1. The molecule has 0 spiro atoms. The van der Waals surface area contributed by atoms with Crippen LogP contribution in [0.4, 0.5) is 0 Å². The highest BCUT2D eigenvalue weighted by atomic mass is 16.4. The van der Waals surface area contributed by atoms with E-state index in [1.807, 2.05) is 0 Å². The monoisotopic (exact) mass is 390 g/mol. The first-order valence-electron chi connectivity index (χ1n) is 11.6. The first-order chi connectivity index (χ1) is 13.2. The standard InChI is InChI=1S/C24H38O4/c1-14(4-7-21(27)28)17-5-6-18-22-19(9-11-24(17,18)3)23(2)10-8-16(25)12-15(23)13-20(22)26/h14-19,22,25H,4-13H2,1-3H3,(H,27,28)/t14-,15+,16-,17?,18?,19?,22+,23+,24-/m1/s1. The van der Waals surface area contributed by atoms with E-state index in [1.54, 1.807) is 0 Å². The molecule has 0 aromatic heterocycles. The van der Waals surface area contributed by atoms with Crippen LogP contribution in [0.5, 0.6) is 0 Å². The summed E-state index contributed by atoms with van der Waals surface area (Å²) in [5.74, 6) is 2.25. The van der Waals surface area contributed by atoms with E-state index in [4.69, 9.17) is 5.11 Å². The lowest BCUT2D eigenvalue weighted by atomic mass is 9.44. The van der Waals surface area contributed by atoms with E-state index in [-0.39, 0.29) is 29.3 Å². The van der Waals surface area contributed by atoms with Crippen molar-refractivity contribution in [3.8, 4) is 0 Å². The minimum Gasteiger partial charge on any atom is -0.481 e. The second kappa shape index (κ2) is 7.11. The molecule has 0 heterocycles. The summed E-state index contributed by atoms with van der Waals surface area (Å²) in [6.07, 6.45) is 8.81. The Balaban J connectivity index is 1.56. The van der Waals surface area contributed by atoms with E-state index < -0.39 is 5.97 Å². The minimum atomic E-state index is -0.698. The number of hydrogen-bond acceptors (Lipinski definition) is 3. The molecule has 28 heavy (non-hydrogen) atoms. The summed E-state index contributed by atoms with van der Waals surface area (Å²) in [7, 11) is 0. The van der Waals surface area contributed by atoms with Crippen LogP contribution in [-0.4, -0.2) is 28.1 Å². The van der Waals surface area contributed by atoms with E-state index in [1.165, 1.54) is 6.42 Å². The highest BCUT2D eigenvalue weighted by Crippen LogP contribution is 2.67. The van der Waals surface area contributed by atoms with Crippen molar-refractivity contribution >= 4 is 11.8 Å². The average molecular weight is 391 g/mol. The number of aliphatic hydroxyl groups is 1. The largest absolute Gasteiger partial charge is 0.481 e. The lowest BCUT2D eigenvalue weighted by Crippen LogP contribution is -2.57. The fourth-order valence-corrected chi connectivity index (χ4v) is 8.44. The molecule has 3 unspecified atom stereocenters. The molecule has 0 aliphatic heterocycles. The molecule has 0 bridgehead atoms. The quantitative estimate of drug-likeness (QED) is 0.730. The number of fused-ring (bicyclic) bond motifs is 5. The number of Topliss-reactive ketones (excluding diaryl/α,β-unsaturated/α-hetero) is 1. The van der Waals surface area contributed by atoms with Gasteiger partial charge in [-0.25, -0.2) is 0 Å². The van der Waals surface area contributed by atoms with Crippen LogP contribution in [0.25, 0.3) is 0 Å². The van der Waals surface area contributed by atoms with Crippen LogP contribution < -0.4 is 0 Å². The van der Waals surface area contributed by atoms with Gasteiger partial charge in [-0.2, -0.15) is 0 Å². The molecule has 9 atom stereocenters. The Hall–Kier alpha value is -0.900. The van der Waals surface area contributed by atoms with Gasteiger partial charge in [-0.1, -0.05) is 20.8 Å². The lowest BCUT2D eigenvalue weighted by Gasteiger charge is -2.60. The van der Waals surface area contributed by atoms with Gasteiger partial charge in [-0.3, -0.25) is 9.59 Å². The van der Waals surface area contributed by atoms with E-state index in [2.05, 4.69) is 20.8 Å². The molecule has 0 amide bonds. The normalized spacial score (nSPS) is 49.1. The van der Waals surface area contributed by atoms with Gasteiger partial charge in [-0.15, -0.1) is 0 Å². The van der Waals surface area contributed by atoms with Crippen LogP contribution in [0, 0.1) is 46.3 Å². The van der Waals surface area contributed by atoms with Gasteiger partial charge in [-0.05, 0) is 91.8 Å². The third kappa shape index (κ3) is 3.05. The van der Waals surface area contributed by atoms with Crippen molar-refractivity contribution < 1.29 is 19.8 Å². The van der Waals surface area contributed by atoms with Crippen molar-refractivity contribution in [2.75, 3.05) is 0 Å². The predicted molar refractivity (Wildman–Crippen MR) is 108 cm³/mol. The van der Waals surface area contributed by atoms with E-state index in [9.17, 15) is 14.7 Å². The maximum atomic E-state index is 13.3. The van der Waals surface area contributed by atoms with Gasteiger partial charge in [0.05, 0.1) is 6.10 Å². The Morgan fingerprint density at radius 3 is 2.50 bits per heavy atom. The summed E-state index contributed by atoms with van der Waals surface area (Å²) >= 11 is 0. The summed E-state index contributed by atoms with van der Waals surface area (Å²) in [5.41, 5.74) is 0.401. The fourth-order valence-electron chi connectivity index (χ4n) is 8.44. The maximum Gasteiger partial charge on any atom is 0.303 e. The molecule has 4 aliphatic rings. The Kier molecular flexibility index (Phi) is 5.17. The predicted octanol–water partition coefficient (Wildman–Crippen LogP) is 4.69. The summed E-state index contributed by atoms with van der Waals surface area (Å²) in [4.78, 5) is 24.4. The molecule has 0 saturated heterocycles. The first kappa shape index (κ1) is 20.4. The van der Waals surface area contributed by atoms with Crippen LogP contribution in [-0.2, 0) is 9.59 Å². The van der Waals surface area contributed by atoms with Gasteiger partial charge < -0.3 is 10.2 Å². The molecule has 4 fully saturated rings. The maximum absolute atomic E-state index is 13.3. The SMILES string of the molecule is C[C@H](CCC(=O)O)C1CCC2[C@@H]3C(=O)C[C@@H]4C[C@H](O)CC[C@]4(C)C3CC[C@@]21C. The van der Waals surface area contributed by atoms with Crippen molar-refractivity contribution in [3.63, 3.8) is 0 Å². The molecular formula is C24H38O4. The van der Waals surface area contributed by atoms with Crippen LogP contribution in [0.1, 0.15) is 85.0 Å². The van der Waals surface area contributed by atoms with Crippen molar-refractivity contribution in [1.82, 2.24) is 0 Å². The van der Waals surface area contributed by atoms with Crippen molar-refractivity contribution in [2.45, 2.75) is 91.1 Å². The topological polar surface area (TPSA) is 74.6 Å². The molecule has 0 aromatic carbocycles. The number of rotatable bonds is 4. The number of carbonyl (C=O) groups excluding carboxylic acids is 1. The Labute approximate surface area is 169 Å². The van der Waals surface area contributed by atoms with Crippen LogP contribution in [0.3, 0.4) is 0 Å². The third-order valence-corrected chi connectivity index (χ3v) is 10.0. The molecule has 0 aromatic rings. The van der Waals surface area contributed by atoms with Gasteiger partial charge in [0.2, 0.25) is 0 Å².